The monoisotopic (exact) mass is 542 g/mol. The van der Waals surface area contributed by atoms with E-state index in [1.165, 1.54) is 5.56 Å². The summed E-state index contributed by atoms with van der Waals surface area (Å²) in [4.78, 5) is 32.2. The third kappa shape index (κ3) is 7.39. The molecule has 1 spiro atoms. The van der Waals surface area contributed by atoms with Gasteiger partial charge in [-0.25, -0.2) is 0 Å². The van der Waals surface area contributed by atoms with Gasteiger partial charge in [0.25, 0.3) is 0 Å². The maximum Gasteiger partial charge on any atom is 0.234 e. The van der Waals surface area contributed by atoms with E-state index in [1.807, 2.05) is 48.5 Å². The number of likely N-dealkylation sites (tertiary alicyclic amines) is 1. The number of carbonyl (C=O) groups is 2. The molecular weight excluding hydrogens is 504 g/mol. The lowest BCUT2D eigenvalue weighted by atomic mass is 9.73. The van der Waals surface area contributed by atoms with Crippen molar-refractivity contribution in [2.45, 2.75) is 45.1 Å². The molecule has 2 N–H and O–H groups in total. The number of rotatable bonds is 6. The summed E-state index contributed by atoms with van der Waals surface area (Å²) in [7, 11) is 0. The van der Waals surface area contributed by atoms with Crippen molar-refractivity contribution in [2.75, 3.05) is 32.8 Å². The average molecular weight is 543 g/mol. The molecule has 3 aromatic rings. The first-order chi connectivity index (χ1) is 19.6. The Morgan fingerprint density at radius 3 is 2.62 bits per heavy atom. The number of amides is 2. The van der Waals surface area contributed by atoms with E-state index in [0.717, 1.165) is 68.7 Å². The maximum absolute atomic E-state index is 13.3. The van der Waals surface area contributed by atoms with Crippen LogP contribution in [0.5, 0.6) is 17.2 Å². The molecule has 0 aliphatic carbocycles. The largest absolute Gasteiger partial charge is 0.491 e. The number of nitrogens with zero attached hydrogens (tertiary/aromatic N) is 2. The molecule has 1 aromatic heterocycles. The van der Waals surface area contributed by atoms with Crippen molar-refractivity contribution in [3.8, 4) is 17.2 Å². The quantitative estimate of drug-likeness (QED) is 0.477. The summed E-state index contributed by atoms with van der Waals surface area (Å²) >= 11 is 0. The van der Waals surface area contributed by atoms with Gasteiger partial charge in [-0.2, -0.15) is 0 Å². The van der Waals surface area contributed by atoms with Gasteiger partial charge in [0, 0.05) is 12.7 Å². The molecule has 1 fully saturated rings. The third-order valence-electron chi connectivity index (χ3n) is 7.91. The van der Waals surface area contributed by atoms with E-state index < -0.39 is 0 Å². The predicted molar refractivity (Wildman–Crippen MR) is 153 cm³/mol. The van der Waals surface area contributed by atoms with Gasteiger partial charge in [-0.3, -0.25) is 19.5 Å². The second-order valence-electron chi connectivity index (χ2n) is 10.7. The molecule has 0 radical (unpaired) electrons. The molecular formula is C32H38N4O4. The number of aromatic nitrogens is 1. The zero-order valence-corrected chi connectivity index (χ0v) is 22.9. The van der Waals surface area contributed by atoms with Gasteiger partial charge >= 0.3 is 0 Å². The fourth-order valence-electron chi connectivity index (χ4n) is 5.55. The van der Waals surface area contributed by atoms with Crippen LogP contribution in [0.1, 0.15) is 43.2 Å². The van der Waals surface area contributed by atoms with Gasteiger partial charge in [0.1, 0.15) is 23.9 Å². The zero-order valence-electron chi connectivity index (χ0n) is 22.9. The summed E-state index contributed by atoms with van der Waals surface area (Å²) in [6.45, 7) is 3.23. The minimum Gasteiger partial charge on any atom is -0.491 e. The maximum atomic E-state index is 13.3. The summed E-state index contributed by atoms with van der Waals surface area (Å²) in [5.41, 5.74) is 1.87. The number of hydrogen-bond donors (Lipinski definition) is 2. The lowest BCUT2D eigenvalue weighted by Gasteiger charge is -2.40. The number of para-hydroxylation sites is 1. The number of benzene rings is 2. The molecule has 0 atom stereocenters. The summed E-state index contributed by atoms with van der Waals surface area (Å²) in [5, 5.41) is 6.15. The summed E-state index contributed by atoms with van der Waals surface area (Å²) in [5.74, 6) is 2.44. The molecule has 3 heterocycles. The van der Waals surface area contributed by atoms with Crippen LogP contribution in [0, 0.1) is 5.41 Å². The molecule has 2 aromatic carbocycles. The molecule has 210 valence electrons. The minimum atomic E-state index is -0.370. The van der Waals surface area contributed by atoms with Gasteiger partial charge < -0.3 is 20.1 Å². The number of piperidine rings is 1. The van der Waals surface area contributed by atoms with Crippen molar-refractivity contribution in [2.24, 2.45) is 5.41 Å². The van der Waals surface area contributed by atoms with Crippen molar-refractivity contribution in [1.29, 1.82) is 0 Å². The number of aryl methyl sites for hydroxylation is 1. The van der Waals surface area contributed by atoms with Crippen LogP contribution in [-0.4, -0.2) is 54.5 Å². The fraction of sp³-hybridized carbons (Fsp3) is 0.406. The first-order valence-electron chi connectivity index (χ1n) is 14.2. The second kappa shape index (κ2) is 13.4. The highest BCUT2D eigenvalue weighted by Gasteiger charge is 2.40. The van der Waals surface area contributed by atoms with Gasteiger partial charge in [-0.1, -0.05) is 36.8 Å². The van der Waals surface area contributed by atoms with E-state index in [2.05, 4.69) is 32.7 Å². The van der Waals surface area contributed by atoms with E-state index in [-0.39, 0.29) is 17.2 Å². The zero-order chi connectivity index (χ0) is 27.6. The van der Waals surface area contributed by atoms with E-state index >= 15 is 0 Å². The molecule has 1 saturated heterocycles. The van der Waals surface area contributed by atoms with Crippen LogP contribution in [0.15, 0.2) is 73.1 Å². The van der Waals surface area contributed by atoms with Crippen LogP contribution in [0.4, 0.5) is 0 Å². The highest BCUT2D eigenvalue weighted by Crippen LogP contribution is 2.37. The van der Waals surface area contributed by atoms with Crippen LogP contribution in [0.3, 0.4) is 0 Å². The first kappa shape index (κ1) is 27.6. The van der Waals surface area contributed by atoms with Crippen molar-refractivity contribution in [3.63, 3.8) is 0 Å². The predicted octanol–water partition coefficient (Wildman–Crippen LogP) is 4.49. The third-order valence-corrected chi connectivity index (χ3v) is 7.91. The number of ether oxygens (including phenoxy) is 2. The van der Waals surface area contributed by atoms with Crippen molar-refractivity contribution in [3.05, 3.63) is 84.2 Å². The Balaban J connectivity index is 1.07. The molecule has 2 aliphatic rings. The van der Waals surface area contributed by atoms with E-state index in [9.17, 15) is 9.59 Å². The van der Waals surface area contributed by atoms with Gasteiger partial charge in [-0.05, 0) is 86.7 Å². The van der Waals surface area contributed by atoms with Crippen LogP contribution in [0.25, 0.3) is 0 Å². The van der Waals surface area contributed by atoms with E-state index in [0.29, 0.717) is 32.0 Å². The topological polar surface area (TPSA) is 92.8 Å². The molecule has 0 saturated carbocycles. The van der Waals surface area contributed by atoms with Crippen molar-refractivity contribution in [1.82, 2.24) is 20.5 Å². The molecule has 0 bridgehead atoms. The van der Waals surface area contributed by atoms with E-state index in [1.54, 1.807) is 12.4 Å². The van der Waals surface area contributed by atoms with Gasteiger partial charge in [0.15, 0.2) is 0 Å². The number of nitrogens with one attached hydrogen (secondary N) is 2. The molecule has 0 unspecified atom stereocenters. The average Bonchev–Trinajstić information content (AvgIpc) is 2.98. The number of hydrogen-bond acceptors (Lipinski definition) is 6. The Hall–Kier alpha value is -3.91. The van der Waals surface area contributed by atoms with Gasteiger partial charge in [-0.15, -0.1) is 0 Å². The van der Waals surface area contributed by atoms with Crippen LogP contribution >= 0.6 is 0 Å². The van der Waals surface area contributed by atoms with Crippen molar-refractivity contribution < 1.29 is 19.1 Å². The molecule has 5 rings (SSSR count). The van der Waals surface area contributed by atoms with Crippen LogP contribution in [0.2, 0.25) is 0 Å². The molecule has 40 heavy (non-hydrogen) atoms. The number of fused-ring (bicyclic) bond motifs is 1. The Bertz CT molecular complexity index is 1260. The fourth-order valence-corrected chi connectivity index (χ4v) is 5.55. The number of pyridine rings is 1. The first-order valence-corrected chi connectivity index (χ1v) is 14.2. The Kier molecular flexibility index (Phi) is 9.29. The Morgan fingerprint density at radius 1 is 1.00 bits per heavy atom. The summed E-state index contributed by atoms with van der Waals surface area (Å²) in [6.07, 6.45) is 8.76. The van der Waals surface area contributed by atoms with E-state index in [4.69, 9.17) is 9.47 Å². The smallest absolute Gasteiger partial charge is 0.234 e. The number of carbonyl (C=O) groups excluding carboxylic acids is 2. The lowest BCUT2D eigenvalue weighted by Crippen LogP contribution is -2.51. The summed E-state index contributed by atoms with van der Waals surface area (Å²) in [6, 6.07) is 19.5. The Morgan fingerprint density at radius 2 is 1.82 bits per heavy atom. The normalized spacial score (nSPS) is 17.9. The Labute approximate surface area is 236 Å². The highest BCUT2D eigenvalue weighted by atomic mass is 16.5. The van der Waals surface area contributed by atoms with Crippen molar-refractivity contribution >= 4 is 11.8 Å². The molecule has 8 nitrogen and oxygen atoms in total. The van der Waals surface area contributed by atoms with Gasteiger partial charge in [0.05, 0.1) is 24.7 Å². The van der Waals surface area contributed by atoms with Gasteiger partial charge in [0.2, 0.25) is 11.8 Å². The lowest BCUT2D eigenvalue weighted by molar-refractivity contribution is -0.135. The second-order valence-corrected chi connectivity index (χ2v) is 10.7. The highest BCUT2D eigenvalue weighted by molar-refractivity contribution is 5.83. The summed E-state index contributed by atoms with van der Waals surface area (Å²) < 4.78 is 11.7. The molecule has 2 aliphatic heterocycles. The standard InChI is InChI=1S/C32H38N4O4/c37-30(35-22-25-10-12-27(13-11-25)40-28-8-5-17-33-23-28)24-36-19-15-32(16-20-36)14-4-3-7-26-6-1-2-9-29(26)39-21-18-34-31(32)38/h1-2,5-6,8-13,17,23H,3-4,7,14-16,18-22,24H2,(H,34,38)(H,35,37). The SMILES string of the molecule is O=C(CN1CCC2(CCCCc3ccccc3OCCNC2=O)CC1)NCc1ccc(Oc2cccnc2)cc1. The van der Waals surface area contributed by atoms with Crippen LogP contribution in [-0.2, 0) is 22.6 Å². The minimum absolute atomic E-state index is 0.00871. The molecule has 8 heteroatoms. The molecule has 2 amide bonds. The van der Waals surface area contributed by atoms with Crippen LogP contribution < -0.4 is 20.1 Å².